The number of hydrogen-bond acceptors (Lipinski definition) is 3. The molecule has 0 atom stereocenters. The lowest BCUT2D eigenvalue weighted by molar-refractivity contribution is 0.0954. The van der Waals surface area contributed by atoms with Crippen LogP contribution >= 0.6 is 11.8 Å². The molecule has 0 aliphatic heterocycles. The monoisotopic (exact) mass is 275 g/mol. The van der Waals surface area contributed by atoms with Gasteiger partial charge in [0.05, 0.1) is 0 Å². The number of hydrogen-bond donors (Lipinski definition) is 2. The summed E-state index contributed by atoms with van der Waals surface area (Å²) in [5.74, 6) is 1.82. The summed E-state index contributed by atoms with van der Waals surface area (Å²) < 4.78 is 0. The third-order valence-electron chi connectivity index (χ3n) is 2.73. The molecule has 0 unspecified atom stereocenters. The highest BCUT2D eigenvalue weighted by atomic mass is 32.2. The van der Waals surface area contributed by atoms with Crippen molar-refractivity contribution in [1.29, 1.82) is 0 Å². The van der Waals surface area contributed by atoms with E-state index in [1.165, 1.54) is 5.56 Å². The summed E-state index contributed by atoms with van der Waals surface area (Å²) in [6, 6.07) is 7.73. The maximum atomic E-state index is 11.9. The van der Waals surface area contributed by atoms with Crippen LogP contribution in [0.2, 0.25) is 0 Å². The second-order valence-corrected chi connectivity index (χ2v) is 5.04. The molecule has 100 valence electrons. The predicted octanol–water partition coefficient (Wildman–Crippen LogP) is 2.25. The van der Waals surface area contributed by atoms with E-state index in [1.807, 2.05) is 24.3 Å². The fourth-order valence-electron chi connectivity index (χ4n) is 1.75. The van der Waals surface area contributed by atoms with Gasteiger partial charge in [0.1, 0.15) is 5.82 Å². The van der Waals surface area contributed by atoms with Gasteiger partial charge in [0.15, 0.2) is 0 Å². The van der Waals surface area contributed by atoms with E-state index in [9.17, 15) is 4.79 Å². The van der Waals surface area contributed by atoms with Gasteiger partial charge < -0.3 is 10.3 Å². The van der Waals surface area contributed by atoms with Gasteiger partial charge in [0.2, 0.25) is 0 Å². The zero-order valence-corrected chi connectivity index (χ0v) is 11.7. The fourth-order valence-corrected chi connectivity index (χ4v) is 2.28. The van der Waals surface area contributed by atoms with Crippen molar-refractivity contribution in [1.82, 2.24) is 15.3 Å². The standard InChI is InChI=1S/C14H17N3OS/c1-19-10-11-2-4-12(5-3-11)14(18)17-7-6-13-15-8-9-16-13/h2-5,8-9H,6-7,10H2,1H3,(H,15,16)(H,17,18). The van der Waals surface area contributed by atoms with Crippen molar-refractivity contribution in [3.05, 3.63) is 53.6 Å². The van der Waals surface area contributed by atoms with Crippen LogP contribution in [0.15, 0.2) is 36.7 Å². The van der Waals surface area contributed by atoms with E-state index in [0.29, 0.717) is 18.5 Å². The average Bonchev–Trinajstić information content (AvgIpc) is 2.93. The number of thioether (sulfide) groups is 1. The Morgan fingerprint density at radius 3 is 2.79 bits per heavy atom. The molecule has 2 N–H and O–H groups in total. The van der Waals surface area contributed by atoms with Crippen molar-refractivity contribution in [2.45, 2.75) is 12.2 Å². The van der Waals surface area contributed by atoms with Gasteiger partial charge in [-0.1, -0.05) is 12.1 Å². The molecule has 0 bridgehead atoms. The van der Waals surface area contributed by atoms with Crippen LogP contribution in [0.25, 0.3) is 0 Å². The zero-order valence-electron chi connectivity index (χ0n) is 10.8. The van der Waals surface area contributed by atoms with Crippen molar-refractivity contribution < 1.29 is 4.79 Å². The third-order valence-corrected chi connectivity index (χ3v) is 3.35. The molecule has 0 spiro atoms. The van der Waals surface area contributed by atoms with Crippen LogP contribution in [-0.2, 0) is 12.2 Å². The Hall–Kier alpha value is -1.75. The van der Waals surface area contributed by atoms with Crippen LogP contribution < -0.4 is 5.32 Å². The minimum absolute atomic E-state index is 0.0396. The molecule has 1 aromatic heterocycles. The van der Waals surface area contributed by atoms with Crippen molar-refractivity contribution >= 4 is 17.7 Å². The van der Waals surface area contributed by atoms with Crippen LogP contribution in [0.3, 0.4) is 0 Å². The number of carbonyl (C=O) groups is 1. The fraction of sp³-hybridized carbons (Fsp3) is 0.286. The molecule has 0 aliphatic carbocycles. The number of nitrogens with zero attached hydrogens (tertiary/aromatic N) is 1. The SMILES string of the molecule is CSCc1ccc(C(=O)NCCc2ncc[nH]2)cc1. The number of benzene rings is 1. The molecule has 1 aromatic carbocycles. The molecule has 0 fully saturated rings. The average molecular weight is 275 g/mol. The minimum Gasteiger partial charge on any atom is -0.352 e. The predicted molar refractivity (Wildman–Crippen MR) is 78.3 cm³/mol. The summed E-state index contributed by atoms with van der Waals surface area (Å²) in [6.07, 6.45) is 6.27. The van der Waals surface area contributed by atoms with E-state index in [-0.39, 0.29) is 5.91 Å². The topological polar surface area (TPSA) is 57.8 Å². The summed E-state index contributed by atoms with van der Waals surface area (Å²) in [5.41, 5.74) is 1.93. The first kappa shape index (κ1) is 13.7. The summed E-state index contributed by atoms with van der Waals surface area (Å²) in [7, 11) is 0. The molecule has 4 nitrogen and oxygen atoms in total. The van der Waals surface area contributed by atoms with E-state index in [1.54, 1.807) is 24.2 Å². The van der Waals surface area contributed by atoms with Crippen LogP contribution in [0.5, 0.6) is 0 Å². The van der Waals surface area contributed by atoms with Crippen molar-refractivity contribution in [3.8, 4) is 0 Å². The largest absolute Gasteiger partial charge is 0.352 e. The highest BCUT2D eigenvalue weighted by Gasteiger charge is 2.05. The Bertz CT molecular complexity index is 508. The van der Waals surface area contributed by atoms with Crippen LogP contribution in [0.1, 0.15) is 21.7 Å². The lowest BCUT2D eigenvalue weighted by atomic mass is 10.1. The molecule has 1 amide bonds. The number of nitrogens with one attached hydrogen (secondary N) is 2. The first-order chi connectivity index (χ1) is 9.29. The highest BCUT2D eigenvalue weighted by Crippen LogP contribution is 2.10. The Labute approximate surface area is 117 Å². The number of H-pyrrole nitrogens is 1. The highest BCUT2D eigenvalue weighted by molar-refractivity contribution is 7.97. The van der Waals surface area contributed by atoms with Gasteiger partial charge in [-0.15, -0.1) is 0 Å². The van der Waals surface area contributed by atoms with Gasteiger partial charge in [-0.25, -0.2) is 4.98 Å². The first-order valence-electron chi connectivity index (χ1n) is 6.14. The second kappa shape index (κ2) is 6.99. The van der Waals surface area contributed by atoms with Crippen molar-refractivity contribution in [2.24, 2.45) is 0 Å². The summed E-state index contributed by atoms with van der Waals surface area (Å²) in [6.45, 7) is 0.582. The second-order valence-electron chi connectivity index (χ2n) is 4.17. The quantitative estimate of drug-likeness (QED) is 0.850. The molecular weight excluding hydrogens is 258 g/mol. The van der Waals surface area contributed by atoms with Crippen LogP contribution in [0.4, 0.5) is 0 Å². The molecule has 5 heteroatoms. The molecule has 2 rings (SSSR count). The van der Waals surface area contributed by atoms with Gasteiger partial charge in [-0.05, 0) is 24.0 Å². The molecular formula is C14H17N3OS. The summed E-state index contributed by atoms with van der Waals surface area (Å²) in [4.78, 5) is 19.0. The first-order valence-corrected chi connectivity index (χ1v) is 7.53. The van der Waals surface area contributed by atoms with Crippen LogP contribution in [-0.4, -0.2) is 28.7 Å². The Balaban J connectivity index is 1.82. The van der Waals surface area contributed by atoms with Crippen molar-refractivity contribution in [2.75, 3.05) is 12.8 Å². The number of imidazole rings is 1. The smallest absolute Gasteiger partial charge is 0.251 e. The maximum Gasteiger partial charge on any atom is 0.251 e. The Kier molecular flexibility index (Phi) is 5.03. The van der Waals surface area contributed by atoms with Crippen LogP contribution in [0, 0.1) is 0 Å². The normalized spacial score (nSPS) is 10.4. The number of aromatic amines is 1. The Morgan fingerprint density at radius 2 is 2.16 bits per heavy atom. The van der Waals surface area contributed by atoms with Gasteiger partial charge >= 0.3 is 0 Å². The van der Waals surface area contributed by atoms with E-state index >= 15 is 0 Å². The Morgan fingerprint density at radius 1 is 1.37 bits per heavy atom. The molecule has 1 heterocycles. The number of amides is 1. The molecule has 19 heavy (non-hydrogen) atoms. The lowest BCUT2D eigenvalue weighted by Gasteiger charge is -2.05. The maximum absolute atomic E-state index is 11.9. The number of rotatable bonds is 6. The minimum atomic E-state index is -0.0396. The third kappa shape index (κ3) is 4.13. The summed E-state index contributed by atoms with van der Waals surface area (Å²) in [5, 5.41) is 2.88. The molecule has 0 aliphatic rings. The van der Waals surface area contributed by atoms with Gasteiger partial charge in [0.25, 0.3) is 5.91 Å². The van der Waals surface area contributed by atoms with E-state index < -0.39 is 0 Å². The number of aromatic nitrogens is 2. The number of carbonyl (C=O) groups excluding carboxylic acids is 1. The van der Waals surface area contributed by atoms with Gasteiger partial charge in [-0.2, -0.15) is 11.8 Å². The van der Waals surface area contributed by atoms with Gasteiger partial charge in [-0.3, -0.25) is 4.79 Å². The lowest BCUT2D eigenvalue weighted by Crippen LogP contribution is -2.25. The van der Waals surface area contributed by atoms with E-state index in [2.05, 4.69) is 21.5 Å². The van der Waals surface area contributed by atoms with Gasteiger partial charge in [0, 0.05) is 36.7 Å². The molecule has 0 radical (unpaired) electrons. The molecule has 0 saturated heterocycles. The van der Waals surface area contributed by atoms with Crippen molar-refractivity contribution in [3.63, 3.8) is 0 Å². The van der Waals surface area contributed by atoms with E-state index in [0.717, 1.165) is 11.6 Å². The zero-order chi connectivity index (χ0) is 13.5. The summed E-state index contributed by atoms with van der Waals surface area (Å²) >= 11 is 1.77. The molecule has 2 aromatic rings. The van der Waals surface area contributed by atoms with E-state index in [4.69, 9.17) is 0 Å². The molecule has 0 saturated carbocycles.